The van der Waals surface area contributed by atoms with Gasteiger partial charge in [-0.1, -0.05) is 54.1 Å². The second-order valence-electron chi connectivity index (χ2n) is 5.56. The van der Waals surface area contributed by atoms with Crippen LogP contribution in [0, 0.1) is 6.92 Å². The number of carbonyl (C=O) groups excluding carboxylic acids is 1. The minimum absolute atomic E-state index is 0.133. The Morgan fingerprint density at radius 3 is 2.55 bits per heavy atom. The van der Waals surface area contributed by atoms with E-state index in [1.807, 2.05) is 6.07 Å². The molecule has 1 aliphatic rings. The Bertz CT molecular complexity index is 677. The van der Waals surface area contributed by atoms with Gasteiger partial charge in [0.15, 0.2) is 5.78 Å². The summed E-state index contributed by atoms with van der Waals surface area (Å²) in [6.45, 7) is 3.73. The molecule has 0 aliphatic heterocycles. The molecular weight excluding hydrogens is 244 g/mol. The molecule has 2 aromatic rings. The molecule has 0 aromatic heterocycles. The highest BCUT2D eigenvalue weighted by atomic mass is 16.1. The Hall–Kier alpha value is -2.15. The predicted molar refractivity (Wildman–Crippen MR) is 83.1 cm³/mol. The average Bonchev–Trinajstić information content (AvgIpc) is 2.84. The van der Waals surface area contributed by atoms with Crippen LogP contribution in [-0.2, 0) is 6.42 Å². The summed E-state index contributed by atoms with van der Waals surface area (Å²) in [5, 5.41) is 0. The smallest absolute Gasteiger partial charge is 0.159 e. The van der Waals surface area contributed by atoms with Crippen LogP contribution in [0.5, 0.6) is 0 Å². The second kappa shape index (κ2) is 5.09. The minimum atomic E-state index is 0.133. The van der Waals surface area contributed by atoms with Gasteiger partial charge in [0.2, 0.25) is 0 Å². The molecule has 1 nitrogen and oxygen atoms in total. The maximum Gasteiger partial charge on any atom is 0.159 e. The number of ketones is 1. The van der Waals surface area contributed by atoms with E-state index in [0.29, 0.717) is 5.92 Å². The van der Waals surface area contributed by atoms with Crippen LogP contribution in [0.15, 0.2) is 48.5 Å². The van der Waals surface area contributed by atoms with E-state index in [4.69, 9.17) is 0 Å². The van der Waals surface area contributed by atoms with Crippen molar-refractivity contribution in [2.75, 3.05) is 0 Å². The summed E-state index contributed by atoms with van der Waals surface area (Å²) in [5.74, 6) is 0.515. The first kappa shape index (κ1) is 12.9. The van der Waals surface area contributed by atoms with Gasteiger partial charge in [-0.05, 0) is 43.0 Å². The lowest BCUT2D eigenvalue weighted by molar-refractivity contribution is 0.101. The number of hydrogen-bond acceptors (Lipinski definition) is 1. The van der Waals surface area contributed by atoms with E-state index in [1.165, 1.54) is 22.3 Å². The zero-order valence-corrected chi connectivity index (χ0v) is 11.9. The molecule has 2 aromatic carbocycles. The summed E-state index contributed by atoms with van der Waals surface area (Å²) in [6.07, 6.45) is 5.40. The lowest BCUT2D eigenvalue weighted by atomic mass is 9.92. The number of aryl methyl sites for hydroxylation is 1. The van der Waals surface area contributed by atoms with E-state index in [2.05, 4.69) is 55.5 Å². The zero-order chi connectivity index (χ0) is 14.1. The van der Waals surface area contributed by atoms with Gasteiger partial charge in [-0.2, -0.15) is 0 Å². The average molecular weight is 262 g/mol. The van der Waals surface area contributed by atoms with Crippen LogP contribution < -0.4 is 0 Å². The van der Waals surface area contributed by atoms with Crippen LogP contribution >= 0.6 is 0 Å². The van der Waals surface area contributed by atoms with Gasteiger partial charge in [-0.3, -0.25) is 4.79 Å². The molecule has 1 heteroatoms. The summed E-state index contributed by atoms with van der Waals surface area (Å²) < 4.78 is 0. The molecule has 0 bridgehead atoms. The molecule has 0 radical (unpaired) electrons. The van der Waals surface area contributed by atoms with Crippen molar-refractivity contribution in [2.24, 2.45) is 0 Å². The van der Waals surface area contributed by atoms with Gasteiger partial charge in [-0.15, -0.1) is 0 Å². The fourth-order valence-corrected chi connectivity index (χ4v) is 2.75. The van der Waals surface area contributed by atoms with Crippen LogP contribution in [0.3, 0.4) is 0 Å². The predicted octanol–water partition coefficient (Wildman–Crippen LogP) is 4.55. The molecular formula is C19H18O. The van der Waals surface area contributed by atoms with Crippen molar-refractivity contribution < 1.29 is 4.79 Å². The third-order valence-corrected chi connectivity index (χ3v) is 3.98. The number of carbonyl (C=O) groups is 1. The number of hydrogen-bond donors (Lipinski definition) is 0. The second-order valence-corrected chi connectivity index (χ2v) is 5.56. The first-order valence-corrected chi connectivity index (χ1v) is 7.02. The lowest BCUT2D eigenvalue weighted by Gasteiger charge is -2.12. The molecule has 0 amide bonds. The van der Waals surface area contributed by atoms with Crippen LogP contribution in [0.1, 0.15) is 45.5 Å². The lowest BCUT2D eigenvalue weighted by Crippen LogP contribution is -2.01. The van der Waals surface area contributed by atoms with Crippen molar-refractivity contribution in [3.05, 3.63) is 76.4 Å². The molecule has 3 rings (SSSR count). The van der Waals surface area contributed by atoms with E-state index in [1.54, 1.807) is 6.92 Å². The fourth-order valence-electron chi connectivity index (χ4n) is 2.75. The maximum atomic E-state index is 11.5. The van der Waals surface area contributed by atoms with E-state index in [-0.39, 0.29) is 5.78 Å². The summed E-state index contributed by atoms with van der Waals surface area (Å²) in [7, 11) is 0. The quantitative estimate of drug-likeness (QED) is 0.742. The molecule has 1 aliphatic carbocycles. The van der Waals surface area contributed by atoms with Gasteiger partial charge in [0.25, 0.3) is 0 Å². The number of rotatable bonds is 3. The molecule has 20 heavy (non-hydrogen) atoms. The largest absolute Gasteiger partial charge is 0.295 e. The standard InChI is InChI=1S/C19H18O/c1-13-3-5-15(6-4-13)11-18-10-8-16-7-9-17(14(2)20)12-19(16)18/h3-10,12,18H,11H2,1-2H3. The van der Waals surface area contributed by atoms with Crippen molar-refractivity contribution in [1.29, 1.82) is 0 Å². The van der Waals surface area contributed by atoms with Crippen molar-refractivity contribution in [3.8, 4) is 0 Å². The van der Waals surface area contributed by atoms with Gasteiger partial charge >= 0.3 is 0 Å². The van der Waals surface area contributed by atoms with Crippen molar-refractivity contribution in [2.45, 2.75) is 26.2 Å². The van der Waals surface area contributed by atoms with Gasteiger partial charge < -0.3 is 0 Å². The van der Waals surface area contributed by atoms with Crippen LogP contribution in [0.2, 0.25) is 0 Å². The van der Waals surface area contributed by atoms with Crippen molar-refractivity contribution in [3.63, 3.8) is 0 Å². The van der Waals surface area contributed by atoms with Gasteiger partial charge in [0.05, 0.1) is 0 Å². The van der Waals surface area contributed by atoms with Crippen LogP contribution in [-0.4, -0.2) is 5.78 Å². The number of Topliss-reactive ketones (excluding diaryl/α,β-unsaturated/α-hetero) is 1. The van der Waals surface area contributed by atoms with Gasteiger partial charge in [0, 0.05) is 11.5 Å². The molecule has 0 N–H and O–H groups in total. The van der Waals surface area contributed by atoms with E-state index in [0.717, 1.165) is 12.0 Å². The highest BCUT2D eigenvalue weighted by molar-refractivity contribution is 5.94. The molecule has 0 spiro atoms. The highest BCUT2D eigenvalue weighted by Gasteiger charge is 2.18. The Morgan fingerprint density at radius 1 is 1.10 bits per heavy atom. The summed E-state index contributed by atoms with van der Waals surface area (Å²) in [5.41, 5.74) is 5.95. The zero-order valence-electron chi connectivity index (χ0n) is 11.9. The van der Waals surface area contributed by atoms with Crippen LogP contribution in [0.4, 0.5) is 0 Å². The summed E-state index contributed by atoms with van der Waals surface area (Å²) >= 11 is 0. The molecule has 1 unspecified atom stereocenters. The normalized spacial score (nSPS) is 16.2. The monoisotopic (exact) mass is 262 g/mol. The Kier molecular flexibility index (Phi) is 3.27. The summed E-state index contributed by atoms with van der Waals surface area (Å²) in [6, 6.07) is 14.7. The molecule has 0 saturated carbocycles. The summed E-state index contributed by atoms with van der Waals surface area (Å²) in [4.78, 5) is 11.5. The van der Waals surface area contributed by atoms with E-state index in [9.17, 15) is 4.79 Å². The molecule has 0 heterocycles. The Labute approximate surface area is 120 Å². The molecule has 0 fully saturated rings. The molecule has 0 saturated heterocycles. The van der Waals surface area contributed by atoms with Gasteiger partial charge in [-0.25, -0.2) is 0 Å². The Morgan fingerprint density at radius 2 is 1.85 bits per heavy atom. The number of fused-ring (bicyclic) bond motifs is 1. The van der Waals surface area contributed by atoms with Gasteiger partial charge in [0.1, 0.15) is 0 Å². The van der Waals surface area contributed by atoms with Crippen molar-refractivity contribution in [1.82, 2.24) is 0 Å². The SMILES string of the molecule is CC(=O)c1ccc2c(c1)C(Cc1ccc(C)cc1)C=C2. The van der Waals surface area contributed by atoms with Crippen LogP contribution in [0.25, 0.3) is 6.08 Å². The van der Waals surface area contributed by atoms with E-state index >= 15 is 0 Å². The number of allylic oxidation sites excluding steroid dienone is 1. The first-order chi connectivity index (χ1) is 9.63. The highest BCUT2D eigenvalue weighted by Crippen LogP contribution is 2.33. The third kappa shape index (κ3) is 2.44. The third-order valence-electron chi connectivity index (χ3n) is 3.98. The Balaban J connectivity index is 1.88. The molecule has 1 atom stereocenters. The van der Waals surface area contributed by atoms with Crippen molar-refractivity contribution >= 4 is 11.9 Å². The first-order valence-electron chi connectivity index (χ1n) is 7.02. The minimum Gasteiger partial charge on any atom is -0.295 e. The topological polar surface area (TPSA) is 17.1 Å². The maximum absolute atomic E-state index is 11.5. The fraction of sp³-hybridized carbons (Fsp3) is 0.211. The number of benzene rings is 2. The molecule has 100 valence electrons. The van der Waals surface area contributed by atoms with E-state index < -0.39 is 0 Å².